The van der Waals surface area contributed by atoms with E-state index in [0.29, 0.717) is 19.7 Å². The minimum atomic E-state index is -0.484. The number of carbonyl (C=O) groups is 2. The Balaban J connectivity index is 2.16. The van der Waals surface area contributed by atoms with Gasteiger partial charge in [0, 0.05) is 25.7 Å². The van der Waals surface area contributed by atoms with Crippen LogP contribution >= 0.6 is 0 Å². The molecule has 1 heterocycles. The minimum Gasteiger partial charge on any atom is -0.444 e. The molecule has 0 radical (unpaired) electrons. The maximum absolute atomic E-state index is 11.9. The van der Waals surface area contributed by atoms with Gasteiger partial charge in [-0.1, -0.05) is 0 Å². The molecule has 0 atom stereocenters. The number of hydrogen-bond acceptors (Lipinski definition) is 5. The third-order valence-electron chi connectivity index (χ3n) is 3.55. The zero-order valence-electron chi connectivity index (χ0n) is 15.7. The van der Waals surface area contributed by atoms with E-state index < -0.39 is 5.60 Å². The average molecular weight is 343 g/mol. The smallest absolute Gasteiger partial charge is 0.407 e. The molecular weight excluding hydrogens is 310 g/mol. The fraction of sp³-hybridized carbons (Fsp3) is 0.882. The highest BCUT2D eigenvalue weighted by atomic mass is 16.6. The van der Waals surface area contributed by atoms with Crippen LogP contribution in [0.4, 0.5) is 4.79 Å². The molecule has 2 amide bonds. The first-order valence-electron chi connectivity index (χ1n) is 8.76. The van der Waals surface area contributed by atoms with Gasteiger partial charge in [0.1, 0.15) is 5.60 Å². The van der Waals surface area contributed by atoms with Crippen molar-refractivity contribution in [1.29, 1.82) is 0 Å². The van der Waals surface area contributed by atoms with Crippen LogP contribution in [0.25, 0.3) is 0 Å². The molecule has 1 rings (SSSR count). The third kappa shape index (κ3) is 9.72. The van der Waals surface area contributed by atoms with Crippen LogP contribution in [-0.4, -0.2) is 67.4 Å². The number of carbonyl (C=O) groups excluding carboxylic acids is 2. The molecule has 24 heavy (non-hydrogen) atoms. The summed E-state index contributed by atoms with van der Waals surface area (Å²) in [5.74, 6) is 0.0147. The summed E-state index contributed by atoms with van der Waals surface area (Å²) in [7, 11) is 0. The highest BCUT2D eigenvalue weighted by Gasteiger charge is 2.24. The third-order valence-corrected chi connectivity index (χ3v) is 3.55. The predicted octanol–water partition coefficient (Wildman–Crippen LogP) is 1.52. The lowest BCUT2D eigenvalue weighted by Gasteiger charge is -2.32. The summed E-state index contributed by atoms with van der Waals surface area (Å²) in [5, 5.41) is 5.76. The van der Waals surface area contributed by atoms with Crippen molar-refractivity contribution < 1.29 is 19.1 Å². The van der Waals surface area contributed by atoms with Crippen molar-refractivity contribution in [3.8, 4) is 0 Å². The molecule has 0 spiro atoms. The summed E-state index contributed by atoms with van der Waals surface area (Å²) in [6, 6.07) is 0.110. The van der Waals surface area contributed by atoms with Gasteiger partial charge in [-0.25, -0.2) is 4.79 Å². The van der Waals surface area contributed by atoms with Crippen molar-refractivity contribution in [2.45, 2.75) is 65.2 Å². The Kier molecular flexibility index (Phi) is 8.48. The molecule has 1 aliphatic heterocycles. The first kappa shape index (κ1) is 20.7. The predicted molar refractivity (Wildman–Crippen MR) is 92.9 cm³/mol. The van der Waals surface area contributed by atoms with E-state index in [9.17, 15) is 9.59 Å². The number of nitrogens with one attached hydrogen (secondary N) is 2. The van der Waals surface area contributed by atoms with E-state index in [2.05, 4.69) is 15.5 Å². The molecule has 0 aromatic rings. The zero-order valence-corrected chi connectivity index (χ0v) is 15.7. The molecular formula is C17H33N3O4. The van der Waals surface area contributed by atoms with Gasteiger partial charge in [-0.05, 0) is 47.5 Å². The second-order valence-corrected chi connectivity index (χ2v) is 7.47. The Morgan fingerprint density at radius 3 is 2.38 bits per heavy atom. The van der Waals surface area contributed by atoms with Crippen LogP contribution in [0.5, 0.6) is 0 Å². The lowest BCUT2D eigenvalue weighted by Crippen LogP contribution is -2.48. The Morgan fingerprint density at radius 2 is 1.83 bits per heavy atom. The van der Waals surface area contributed by atoms with Crippen LogP contribution in [0.15, 0.2) is 0 Å². The fourth-order valence-corrected chi connectivity index (χ4v) is 2.45. The van der Waals surface area contributed by atoms with Crippen LogP contribution < -0.4 is 10.6 Å². The van der Waals surface area contributed by atoms with Crippen LogP contribution in [0.2, 0.25) is 0 Å². The Labute approximate surface area is 145 Å². The molecule has 0 unspecified atom stereocenters. The Bertz CT molecular complexity index is 399. The van der Waals surface area contributed by atoms with E-state index >= 15 is 0 Å². The molecule has 1 fully saturated rings. The van der Waals surface area contributed by atoms with Gasteiger partial charge in [-0.15, -0.1) is 0 Å². The molecule has 0 aromatic carbocycles. The average Bonchev–Trinajstić information content (AvgIpc) is 2.43. The maximum atomic E-state index is 11.9. The van der Waals surface area contributed by atoms with Crippen LogP contribution in [-0.2, 0) is 14.3 Å². The Hall–Kier alpha value is -1.34. The molecule has 0 saturated carbocycles. The van der Waals surface area contributed by atoms with Gasteiger partial charge in [-0.2, -0.15) is 0 Å². The topological polar surface area (TPSA) is 79.9 Å². The minimum absolute atomic E-state index is 0.0147. The molecule has 1 saturated heterocycles. The summed E-state index contributed by atoms with van der Waals surface area (Å²) in [4.78, 5) is 25.7. The number of piperidine rings is 1. The lowest BCUT2D eigenvalue weighted by molar-refractivity contribution is -0.122. The number of amides is 2. The van der Waals surface area contributed by atoms with Gasteiger partial charge in [0.25, 0.3) is 0 Å². The van der Waals surface area contributed by atoms with Gasteiger partial charge in [0.15, 0.2) is 0 Å². The Morgan fingerprint density at radius 1 is 1.21 bits per heavy atom. The second-order valence-electron chi connectivity index (χ2n) is 7.47. The number of hydrogen-bond donors (Lipinski definition) is 2. The summed E-state index contributed by atoms with van der Waals surface area (Å²) in [6.45, 7) is 12.5. The summed E-state index contributed by atoms with van der Waals surface area (Å²) in [5.41, 5.74) is -0.484. The van der Waals surface area contributed by atoms with Crippen LogP contribution in [0.1, 0.15) is 47.5 Å². The lowest BCUT2D eigenvalue weighted by atomic mass is 10.1. The van der Waals surface area contributed by atoms with E-state index in [0.717, 1.165) is 25.9 Å². The number of alkyl carbamates (subject to hydrolysis) is 1. The summed E-state index contributed by atoms with van der Waals surface area (Å²) >= 11 is 0. The van der Waals surface area contributed by atoms with Crippen LogP contribution in [0.3, 0.4) is 0 Å². The van der Waals surface area contributed by atoms with Crippen molar-refractivity contribution >= 4 is 12.0 Å². The van der Waals surface area contributed by atoms with E-state index in [4.69, 9.17) is 9.47 Å². The molecule has 0 aromatic heterocycles. The summed E-state index contributed by atoms with van der Waals surface area (Å²) in [6.07, 6.45) is 1.45. The van der Waals surface area contributed by atoms with Gasteiger partial charge in [-0.3, -0.25) is 9.69 Å². The number of rotatable bonds is 7. The highest BCUT2D eigenvalue weighted by molar-refractivity contribution is 5.78. The van der Waals surface area contributed by atoms with Crippen molar-refractivity contribution in [1.82, 2.24) is 15.5 Å². The first-order valence-corrected chi connectivity index (χ1v) is 8.76. The van der Waals surface area contributed by atoms with Crippen molar-refractivity contribution in [3.05, 3.63) is 0 Å². The monoisotopic (exact) mass is 343 g/mol. The fourth-order valence-electron chi connectivity index (χ4n) is 2.45. The van der Waals surface area contributed by atoms with E-state index in [1.54, 1.807) is 0 Å². The van der Waals surface area contributed by atoms with Gasteiger partial charge in [0.2, 0.25) is 5.91 Å². The molecule has 0 aliphatic carbocycles. The first-order chi connectivity index (χ1) is 11.2. The van der Waals surface area contributed by atoms with Gasteiger partial charge < -0.3 is 20.1 Å². The number of likely N-dealkylation sites (tertiary alicyclic amines) is 1. The molecule has 7 nitrogen and oxygen atoms in total. The molecule has 2 N–H and O–H groups in total. The summed E-state index contributed by atoms with van der Waals surface area (Å²) < 4.78 is 10.7. The zero-order chi connectivity index (χ0) is 18.2. The van der Waals surface area contributed by atoms with Crippen molar-refractivity contribution in [2.75, 3.05) is 32.8 Å². The van der Waals surface area contributed by atoms with E-state index in [-0.39, 0.29) is 24.1 Å². The SMILES string of the molecule is CC(C)OCCNC(=O)CN1CCC(NC(=O)OC(C)(C)C)CC1. The van der Waals surface area contributed by atoms with E-state index in [1.165, 1.54) is 0 Å². The van der Waals surface area contributed by atoms with Crippen molar-refractivity contribution in [2.24, 2.45) is 0 Å². The highest BCUT2D eigenvalue weighted by Crippen LogP contribution is 2.12. The number of nitrogens with zero attached hydrogens (tertiary/aromatic N) is 1. The molecule has 1 aliphatic rings. The molecule has 7 heteroatoms. The van der Waals surface area contributed by atoms with E-state index in [1.807, 2.05) is 34.6 Å². The maximum Gasteiger partial charge on any atom is 0.407 e. The molecule has 0 bridgehead atoms. The standard InChI is InChI=1S/C17H33N3O4/c1-13(2)23-11-8-18-15(21)12-20-9-6-14(7-10-20)19-16(22)24-17(3,4)5/h13-14H,6-12H2,1-5H3,(H,18,21)(H,19,22). The van der Waals surface area contributed by atoms with Gasteiger partial charge >= 0.3 is 6.09 Å². The molecule has 140 valence electrons. The van der Waals surface area contributed by atoms with Gasteiger partial charge in [0.05, 0.1) is 19.3 Å². The second kappa shape index (κ2) is 9.84. The normalized spacial score (nSPS) is 16.9. The van der Waals surface area contributed by atoms with Crippen molar-refractivity contribution in [3.63, 3.8) is 0 Å². The quantitative estimate of drug-likeness (QED) is 0.685. The number of ether oxygens (including phenoxy) is 2. The largest absolute Gasteiger partial charge is 0.444 e. The van der Waals surface area contributed by atoms with Crippen LogP contribution in [0, 0.1) is 0 Å².